The van der Waals surface area contributed by atoms with Gasteiger partial charge in [-0.2, -0.15) is 16.9 Å². The Morgan fingerprint density at radius 1 is 1.56 bits per heavy atom. The van der Waals surface area contributed by atoms with Gasteiger partial charge in [-0.05, 0) is 13.2 Å². The van der Waals surface area contributed by atoms with Gasteiger partial charge in [-0.15, -0.1) is 0 Å². The molecule has 0 aliphatic carbocycles. The number of aryl methyl sites for hydroxylation is 1. The predicted octanol–water partition coefficient (Wildman–Crippen LogP) is 1.29. The van der Waals surface area contributed by atoms with Gasteiger partial charge in [0.05, 0.1) is 19.3 Å². The van der Waals surface area contributed by atoms with Crippen molar-refractivity contribution in [2.45, 2.75) is 20.0 Å². The molecule has 1 aromatic rings. The molecule has 0 radical (unpaired) electrons. The van der Waals surface area contributed by atoms with E-state index in [1.54, 1.807) is 7.11 Å². The smallest absolute Gasteiger partial charge is 0.0587 e. The number of thioether (sulfide) groups is 1. The third-order valence-electron chi connectivity index (χ3n) is 2.51. The number of hydrogen-bond acceptors (Lipinski definition) is 4. The maximum Gasteiger partial charge on any atom is 0.0587 e. The Morgan fingerprint density at radius 3 is 3.06 bits per heavy atom. The first-order valence-corrected chi connectivity index (χ1v) is 6.89. The molecular formula is C11H21N3OS. The van der Waals surface area contributed by atoms with Gasteiger partial charge in [-0.25, -0.2) is 0 Å². The van der Waals surface area contributed by atoms with E-state index in [2.05, 4.69) is 28.3 Å². The third-order valence-corrected chi connectivity index (χ3v) is 3.10. The number of ether oxygens (including phenoxy) is 1. The van der Waals surface area contributed by atoms with Crippen LogP contribution in [0, 0.1) is 6.92 Å². The Bertz CT molecular complexity index is 301. The van der Waals surface area contributed by atoms with Gasteiger partial charge in [-0.1, -0.05) is 0 Å². The molecule has 0 fully saturated rings. The van der Waals surface area contributed by atoms with Crippen LogP contribution in [-0.2, 0) is 17.8 Å². The van der Waals surface area contributed by atoms with E-state index in [1.165, 1.54) is 11.3 Å². The first kappa shape index (κ1) is 13.5. The molecule has 0 spiro atoms. The normalized spacial score (nSPS) is 10.9. The first-order valence-electron chi connectivity index (χ1n) is 5.49. The second-order valence-electron chi connectivity index (χ2n) is 3.64. The number of nitrogens with one attached hydrogen (secondary N) is 1. The van der Waals surface area contributed by atoms with Gasteiger partial charge in [0.25, 0.3) is 0 Å². The summed E-state index contributed by atoms with van der Waals surface area (Å²) in [6.07, 6.45) is 4.07. The van der Waals surface area contributed by atoms with Gasteiger partial charge >= 0.3 is 0 Å². The molecule has 1 heterocycles. The van der Waals surface area contributed by atoms with Crippen LogP contribution in [-0.4, -0.2) is 42.1 Å². The van der Waals surface area contributed by atoms with Gasteiger partial charge in [0.1, 0.15) is 0 Å². The maximum absolute atomic E-state index is 4.98. The topological polar surface area (TPSA) is 39.1 Å². The van der Waals surface area contributed by atoms with E-state index >= 15 is 0 Å². The highest BCUT2D eigenvalue weighted by Crippen LogP contribution is 2.07. The SMILES string of the molecule is COCCNCc1cnn(CCSC)c1C. The lowest BCUT2D eigenvalue weighted by Crippen LogP contribution is -2.19. The molecule has 4 nitrogen and oxygen atoms in total. The molecule has 0 saturated carbocycles. The van der Waals surface area contributed by atoms with Crippen LogP contribution in [0.3, 0.4) is 0 Å². The van der Waals surface area contributed by atoms with E-state index in [9.17, 15) is 0 Å². The summed E-state index contributed by atoms with van der Waals surface area (Å²) < 4.78 is 7.06. The van der Waals surface area contributed by atoms with Crippen LogP contribution < -0.4 is 5.32 Å². The molecule has 0 unspecified atom stereocenters. The minimum atomic E-state index is 0.750. The maximum atomic E-state index is 4.98. The van der Waals surface area contributed by atoms with Crippen molar-refractivity contribution >= 4 is 11.8 Å². The van der Waals surface area contributed by atoms with Crippen molar-refractivity contribution in [2.24, 2.45) is 0 Å². The second kappa shape index (κ2) is 7.70. The van der Waals surface area contributed by atoms with Crippen molar-refractivity contribution in [2.75, 3.05) is 32.3 Å². The Kier molecular flexibility index (Phi) is 6.52. The monoisotopic (exact) mass is 243 g/mol. The molecule has 0 amide bonds. The van der Waals surface area contributed by atoms with Crippen LogP contribution in [0.15, 0.2) is 6.20 Å². The van der Waals surface area contributed by atoms with Crippen molar-refractivity contribution in [3.05, 3.63) is 17.5 Å². The number of methoxy groups -OCH3 is 1. The highest BCUT2D eigenvalue weighted by molar-refractivity contribution is 7.98. The Balaban J connectivity index is 2.38. The molecule has 16 heavy (non-hydrogen) atoms. The predicted molar refractivity (Wildman–Crippen MR) is 68.9 cm³/mol. The first-order chi connectivity index (χ1) is 7.79. The van der Waals surface area contributed by atoms with E-state index in [-0.39, 0.29) is 0 Å². The molecule has 0 aliphatic heterocycles. The van der Waals surface area contributed by atoms with E-state index in [1.807, 2.05) is 18.0 Å². The fraction of sp³-hybridized carbons (Fsp3) is 0.727. The van der Waals surface area contributed by atoms with Crippen molar-refractivity contribution < 1.29 is 4.74 Å². The zero-order valence-corrected chi connectivity index (χ0v) is 11.1. The third kappa shape index (κ3) is 4.15. The molecule has 1 N–H and O–H groups in total. The molecule has 0 atom stereocenters. The summed E-state index contributed by atoms with van der Waals surface area (Å²) in [7, 11) is 1.72. The quantitative estimate of drug-likeness (QED) is 0.698. The summed E-state index contributed by atoms with van der Waals surface area (Å²) in [6, 6.07) is 0. The van der Waals surface area contributed by atoms with Crippen LogP contribution in [0.2, 0.25) is 0 Å². The van der Waals surface area contributed by atoms with Crippen LogP contribution in [0.5, 0.6) is 0 Å². The highest BCUT2D eigenvalue weighted by atomic mass is 32.2. The van der Waals surface area contributed by atoms with E-state index in [0.29, 0.717) is 0 Å². The molecule has 0 aliphatic rings. The molecule has 0 bridgehead atoms. The van der Waals surface area contributed by atoms with Crippen LogP contribution in [0.1, 0.15) is 11.3 Å². The fourth-order valence-corrected chi connectivity index (χ4v) is 1.81. The summed E-state index contributed by atoms with van der Waals surface area (Å²) in [6.45, 7) is 5.62. The van der Waals surface area contributed by atoms with Crippen molar-refractivity contribution in [1.29, 1.82) is 0 Å². The lowest BCUT2D eigenvalue weighted by atomic mass is 10.2. The number of nitrogens with zero attached hydrogens (tertiary/aromatic N) is 2. The zero-order chi connectivity index (χ0) is 11.8. The van der Waals surface area contributed by atoms with Crippen LogP contribution in [0.4, 0.5) is 0 Å². The molecule has 0 aromatic carbocycles. The standard InChI is InChI=1S/C11H21N3OS/c1-10-11(8-12-4-6-15-2)9-13-14(10)5-7-16-3/h9,12H,4-8H2,1-3H3. The highest BCUT2D eigenvalue weighted by Gasteiger charge is 2.04. The molecular weight excluding hydrogens is 222 g/mol. The summed E-state index contributed by atoms with van der Waals surface area (Å²) in [5, 5.41) is 7.71. The lowest BCUT2D eigenvalue weighted by Gasteiger charge is -2.05. The summed E-state index contributed by atoms with van der Waals surface area (Å²) in [5.74, 6) is 1.11. The minimum Gasteiger partial charge on any atom is -0.383 e. The fourth-order valence-electron chi connectivity index (χ4n) is 1.46. The average molecular weight is 243 g/mol. The van der Waals surface area contributed by atoms with E-state index in [0.717, 1.165) is 32.0 Å². The lowest BCUT2D eigenvalue weighted by molar-refractivity contribution is 0.199. The number of hydrogen-bond donors (Lipinski definition) is 1. The van der Waals surface area contributed by atoms with E-state index in [4.69, 9.17) is 4.74 Å². The van der Waals surface area contributed by atoms with E-state index < -0.39 is 0 Å². The molecule has 0 saturated heterocycles. The average Bonchev–Trinajstić information content (AvgIpc) is 2.64. The Hall–Kier alpha value is -0.520. The largest absolute Gasteiger partial charge is 0.383 e. The van der Waals surface area contributed by atoms with Gasteiger partial charge in [0, 0.05) is 37.2 Å². The van der Waals surface area contributed by atoms with Gasteiger partial charge < -0.3 is 10.1 Å². The number of rotatable bonds is 8. The summed E-state index contributed by atoms with van der Waals surface area (Å²) in [5.41, 5.74) is 2.54. The summed E-state index contributed by atoms with van der Waals surface area (Å²) >= 11 is 1.85. The Morgan fingerprint density at radius 2 is 2.38 bits per heavy atom. The van der Waals surface area contributed by atoms with Gasteiger partial charge in [0.15, 0.2) is 0 Å². The van der Waals surface area contributed by atoms with Crippen LogP contribution >= 0.6 is 11.8 Å². The van der Waals surface area contributed by atoms with Crippen molar-refractivity contribution in [3.8, 4) is 0 Å². The number of aromatic nitrogens is 2. The summed E-state index contributed by atoms with van der Waals surface area (Å²) in [4.78, 5) is 0. The van der Waals surface area contributed by atoms with Crippen molar-refractivity contribution in [3.63, 3.8) is 0 Å². The van der Waals surface area contributed by atoms with Crippen LogP contribution in [0.25, 0.3) is 0 Å². The molecule has 1 aromatic heterocycles. The second-order valence-corrected chi connectivity index (χ2v) is 4.63. The molecule has 92 valence electrons. The zero-order valence-electron chi connectivity index (χ0n) is 10.3. The van der Waals surface area contributed by atoms with Crippen molar-refractivity contribution in [1.82, 2.24) is 15.1 Å². The minimum absolute atomic E-state index is 0.750. The molecule has 1 rings (SSSR count). The van der Waals surface area contributed by atoms with Gasteiger partial charge in [-0.3, -0.25) is 4.68 Å². The Labute approximate surface area is 102 Å². The molecule has 5 heteroatoms. The van der Waals surface area contributed by atoms with Gasteiger partial charge in [0.2, 0.25) is 0 Å².